The average molecular weight is 313 g/mol. The predicted octanol–water partition coefficient (Wildman–Crippen LogP) is 2.33. The topological polar surface area (TPSA) is 32.8 Å². The smallest absolute Gasteiger partial charge is 0.162 e. The van der Waals surface area contributed by atoms with Crippen molar-refractivity contribution < 1.29 is 9.53 Å². The van der Waals surface area contributed by atoms with E-state index in [0.29, 0.717) is 13.0 Å². The zero-order chi connectivity index (χ0) is 14.4. The SMILES string of the molecule is CCC(=O)c1ccc(OCCN2CCN(C)CC2)cc1.Cl. The first-order valence-corrected chi connectivity index (χ1v) is 7.36. The summed E-state index contributed by atoms with van der Waals surface area (Å²) in [5.41, 5.74) is 0.763. The first-order chi connectivity index (χ1) is 9.69. The number of halogens is 1. The lowest BCUT2D eigenvalue weighted by Crippen LogP contribution is -2.45. The molecule has 0 spiro atoms. The van der Waals surface area contributed by atoms with Crippen molar-refractivity contribution in [3.63, 3.8) is 0 Å². The van der Waals surface area contributed by atoms with E-state index in [1.165, 1.54) is 0 Å². The number of hydrogen-bond acceptors (Lipinski definition) is 4. The van der Waals surface area contributed by atoms with Gasteiger partial charge in [-0.15, -0.1) is 12.4 Å². The van der Waals surface area contributed by atoms with Crippen LogP contribution in [0.25, 0.3) is 0 Å². The molecule has 5 heteroatoms. The summed E-state index contributed by atoms with van der Waals surface area (Å²) in [6.07, 6.45) is 0.545. The maximum Gasteiger partial charge on any atom is 0.162 e. The summed E-state index contributed by atoms with van der Waals surface area (Å²) < 4.78 is 5.74. The summed E-state index contributed by atoms with van der Waals surface area (Å²) in [6.45, 7) is 8.03. The molecule has 118 valence electrons. The van der Waals surface area contributed by atoms with Crippen LogP contribution in [0, 0.1) is 0 Å². The van der Waals surface area contributed by atoms with Gasteiger partial charge in [-0.3, -0.25) is 9.69 Å². The molecule has 0 aliphatic carbocycles. The van der Waals surface area contributed by atoms with Crippen LogP contribution >= 0.6 is 12.4 Å². The van der Waals surface area contributed by atoms with Crippen LogP contribution in [0.4, 0.5) is 0 Å². The number of hydrogen-bond donors (Lipinski definition) is 0. The molecular formula is C16H25ClN2O2. The molecule has 0 radical (unpaired) electrons. The largest absolute Gasteiger partial charge is 0.492 e. The molecular weight excluding hydrogens is 288 g/mol. The quantitative estimate of drug-likeness (QED) is 0.755. The van der Waals surface area contributed by atoms with Crippen molar-refractivity contribution in [2.24, 2.45) is 0 Å². The Balaban J connectivity index is 0.00000220. The van der Waals surface area contributed by atoms with E-state index < -0.39 is 0 Å². The molecule has 1 aromatic carbocycles. The number of carbonyl (C=O) groups excluding carboxylic acids is 1. The Hall–Kier alpha value is -1.10. The minimum atomic E-state index is 0. The maximum absolute atomic E-state index is 11.5. The van der Waals surface area contributed by atoms with E-state index in [4.69, 9.17) is 4.74 Å². The Kier molecular flexibility index (Phi) is 7.72. The van der Waals surface area contributed by atoms with E-state index in [-0.39, 0.29) is 18.2 Å². The summed E-state index contributed by atoms with van der Waals surface area (Å²) in [5, 5.41) is 0. The molecule has 0 unspecified atom stereocenters. The van der Waals surface area contributed by atoms with Crippen molar-refractivity contribution in [3.8, 4) is 5.75 Å². The number of ether oxygens (including phenoxy) is 1. The predicted molar refractivity (Wildman–Crippen MR) is 87.7 cm³/mol. The van der Waals surface area contributed by atoms with Crippen molar-refractivity contribution in [3.05, 3.63) is 29.8 Å². The summed E-state index contributed by atoms with van der Waals surface area (Å²) in [7, 11) is 2.16. The normalized spacial score (nSPS) is 16.3. The molecule has 4 nitrogen and oxygen atoms in total. The standard InChI is InChI=1S/C16H24N2O2.ClH/c1-3-16(19)14-4-6-15(7-5-14)20-13-12-18-10-8-17(2)9-11-18;/h4-7H,3,8-13H2,1-2H3;1H. The highest BCUT2D eigenvalue weighted by Gasteiger charge is 2.13. The summed E-state index contributed by atoms with van der Waals surface area (Å²) in [6, 6.07) is 7.45. The number of piperazine rings is 1. The van der Waals surface area contributed by atoms with Gasteiger partial charge in [0.1, 0.15) is 12.4 Å². The zero-order valence-electron chi connectivity index (χ0n) is 12.9. The third-order valence-electron chi connectivity index (χ3n) is 3.77. The first-order valence-electron chi connectivity index (χ1n) is 7.36. The van der Waals surface area contributed by atoms with Crippen molar-refractivity contribution in [1.82, 2.24) is 9.80 Å². The van der Waals surface area contributed by atoms with Gasteiger partial charge in [0.2, 0.25) is 0 Å². The molecule has 1 fully saturated rings. The van der Waals surface area contributed by atoms with Crippen molar-refractivity contribution >= 4 is 18.2 Å². The fourth-order valence-corrected chi connectivity index (χ4v) is 2.31. The summed E-state index contributed by atoms with van der Waals surface area (Å²) in [5.74, 6) is 1.01. The van der Waals surface area contributed by atoms with Crippen LogP contribution in [0.5, 0.6) is 5.75 Å². The molecule has 0 N–H and O–H groups in total. The number of ketones is 1. The van der Waals surface area contributed by atoms with Crippen LogP contribution in [-0.4, -0.2) is 62.0 Å². The molecule has 2 rings (SSSR count). The van der Waals surface area contributed by atoms with Gasteiger partial charge in [-0.1, -0.05) is 6.92 Å². The molecule has 21 heavy (non-hydrogen) atoms. The van der Waals surface area contributed by atoms with Gasteiger partial charge in [0.25, 0.3) is 0 Å². The highest BCUT2D eigenvalue weighted by molar-refractivity contribution is 5.95. The highest BCUT2D eigenvalue weighted by Crippen LogP contribution is 2.13. The van der Waals surface area contributed by atoms with Crippen LogP contribution in [0.3, 0.4) is 0 Å². The number of likely N-dealkylation sites (N-methyl/N-ethyl adjacent to an activating group) is 1. The molecule has 1 heterocycles. The Labute approximate surface area is 133 Å². The van der Waals surface area contributed by atoms with Crippen LogP contribution in [0.1, 0.15) is 23.7 Å². The van der Waals surface area contributed by atoms with Gasteiger partial charge < -0.3 is 9.64 Å². The second-order valence-corrected chi connectivity index (χ2v) is 5.29. The van der Waals surface area contributed by atoms with E-state index in [2.05, 4.69) is 16.8 Å². The van der Waals surface area contributed by atoms with Crippen LogP contribution < -0.4 is 4.74 Å². The maximum atomic E-state index is 11.5. The third-order valence-corrected chi connectivity index (χ3v) is 3.77. The van der Waals surface area contributed by atoms with Gasteiger partial charge in [0.05, 0.1) is 0 Å². The molecule has 1 saturated heterocycles. The van der Waals surface area contributed by atoms with Gasteiger partial charge in [0.15, 0.2) is 5.78 Å². The van der Waals surface area contributed by atoms with E-state index in [1.807, 2.05) is 31.2 Å². The zero-order valence-corrected chi connectivity index (χ0v) is 13.7. The van der Waals surface area contributed by atoms with Crippen molar-refractivity contribution in [2.75, 3.05) is 46.4 Å². The molecule has 0 atom stereocenters. The van der Waals surface area contributed by atoms with Gasteiger partial charge in [-0.25, -0.2) is 0 Å². The summed E-state index contributed by atoms with van der Waals surface area (Å²) in [4.78, 5) is 16.3. The second kappa shape index (κ2) is 9.03. The monoisotopic (exact) mass is 312 g/mol. The lowest BCUT2D eigenvalue weighted by Gasteiger charge is -2.32. The van der Waals surface area contributed by atoms with Gasteiger partial charge in [0, 0.05) is 44.7 Å². The summed E-state index contributed by atoms with van der Waals surface area (Å²) >= 11 is 0. The van der Waals surface area contributed by atoms with Gasteiger partial charge >= 0.3 is 0 Å². The van der Waals surface area contributed by atoms with Gasteiger partial charge in [-0.05, 0) is 31.3 Å². The number of Topliss-reactive ketones (excluding diaryl/α,β-unsaturated/α-hetero) is 1. The van der Waals surface area contributed by atoms with E-state index in [0.717, 1.165) is 44.0 Å². The lowest BCUT2D eigenvalue weighted by molar-refractivity contribution is 0.0988. The Morgan fingerprint density at radius 3 is 2.33 bits per heavy atom. The average Bonchev–Trinajstić information content (AvgIpc) is 2.49. The number of benzene rings is 1. The Bertz CT molecular complexity index is 428. The molecule has 1 aromatic rings. The first kappa shape index (κ1) is 18.0. The van der Waals surface area contributed by atoms with E-state index >= 15 is 0 Å². The van der Waals surface area contributed by atoms with Gasteiger partial charge in [-0.2, -0.15) is 0 Å². The van der Waals surface area contributed by atoms with Crippen molar-refractivity contribution in [1.29, 1.82) is 0 Å². The van der Waals surface area contributed by atoms with E-state index in [1.54, 1.807) is 0 Å². The molecule has 0 saturated carbocycles. The Morgan fingerprint density at radius 2 is 1.76 bits per heavy atom. The fourth-order valence-electron chi connectivity index (χ4n) is 2.31. The number of nitrogens with zero attached hydrogens (tertiary/aromatic N) is 2. The van der Waals surface area contributed by atoms with Crippen molar-refractivity contribution in [2.45, 2.75) is 13.3 Å². The number of carbonyl (C=O) groups is 1. The second-order valence-electron chi connectivity index (χ2n) is 5.29. The molecule has 0 amide bonds. The molecule has 1 aliphatic heterocycles. The molecule has 0 aromatic heterocycles. The fraction of sp³-hybridized carbons (Fsp3) is 0.562. The molecule has 1 aliphatic rings. The molecule has 0 bridgehead atoms. The van der Waals surface area contributed by atoms with E-state index in [9.17, 15) is 4.79 Å². The van der Waals surface area contributed by atoms with Crippen LogP contribution in [-0.2, 0) is 0 Å². The number of rotatable bonds is 6. The Morgan fingerprint density at radius 1 is 1.14 bits per heavy atom. The lowest BCUT2D eigenvalue weighted by atomic mass is 10.1. The van der Waals surface area contributed by atoms with Crippen LogP contribution in [0.2, 0.25) is 0 Å². The van der Waals surface area contributed by atoms with Crippen LogP contribution in [0.15, 0.2) is 24.3 Å². The minimum Gasteiger partial charge on any atom is -0.492 e. The minimum absolute atomic E-state index is 0. The third kappa shape index (κ3) is 5.65. The highest BCUT2D eigenvalue weighted by atomic mass is 35.5.